The molecular formula is C20H31ClOSi. The molecule has 2 fully saturated rings. The van der Waals surface area contributed by atoms with Crippen molar-refractivity contribution < 1.29 is 4.43 Å². The zero-order chi connectivity index (χ0) is 16.0. The monoisotopic (exact) mass is 350 g/mol. The third-order valence-electron chi connectivity index (χ3n) is 6.07. The van der Waals surface area contributed by atoms with Gasteiger partial charge in [-0.2, -0.15) is 0 Å². The Morgan fingerprint density at radius 1 is 0.826 bits per heavy atom. The molecule has 2 saturated carbocycles. The molecule has 0 spiro atoms. The SMILES string of the molecule is ClCCO[Si](c1ccccc1)(C1CCCCC1)C1CCCCC1. The van der Waals surface area contributed by atoms with Gasteiger partial charge in [0, 0.05) is 12.5 Å². The maximum atomic E-state index is 6.85. The fraction of sp³-hybridized carbons (Fsp3) is 0.700. The smallest absolute Gasteiger partial charge is 0.230 e. The van der Waals surface area contributed by atoms with Gasteiger partial charge in [-0.25, -0.2) is 0 Å². The lowest BCUT2D eigenvalue weighted by Gasteiger charge is -2.47. The predicted octanol–water partition coefficient (Wildman–Crippen LogP) is 5.76. The zero-order valence-electron chi connectivity index (χ0n) is 14.3. The van der Waals surface area contributed by atoms with E-state index in [2.05, 4.69) is 30.3 Å². The van der Waals surface area contributed by atoms with E-state index >= 15 is 0 Å². The van der Waals surface area contributed by atoms with E-state index in [1.54, 1.807) is 5.19 Å². The topological polar surface area (TPSA) is 9.23 Å². The van der Waals surface area contributed by atoms with Crippen LogP contribution in [0.5, 0.6) is 0 Å². The van der Waals surface area contributed by atoms with Crippen LogP contribution in [0.15, 0.2) is 30.3 Å². The van der Waals surface area contributed by atoms with Crippen LogP contribution in [-0.2, 0) is 4.43 Å². The third kappa shape index (κ3) is 3.86. The van der Waals surface area contributed by atoms with E-state index < -0.39 is 8.32 Å². The second-order valence-corrected chi connectivity index (χ2v) is 11.8. The highest BCUT2D eigenvalue weighted by Crippen LogP contribution is 2.48. The molecule has 2 aliphatic carbocycles. The molecule has 3 rings (SSSR count). The molecule has 0 heterocycles. The number of rotatable bonds is 6. The van der Waals surface area contributed by atoms with Crippen molar-refractivity contribution in [2.45, 2.75) is 75.3 Å². The maximum Gasteiger partial charge on any atom is 0.230 e. The molecule has 23 heavy (non-hydrogen) atoms. The molecule has 128 valence electrons. The van der Waals surface area contributed by atoms with Crippen LogP contribution < -0.4 is 5.19 Å². The molecule has 1 aromatic rings. The molecule has 0 unspecified atom stereocenters. The van der Waals surface area contributed by atoms with Crippen molar-refractivity contribution in [1.29, 1.82) is 0 Å². The van der Waals surface area contributed by atoms with Crippen molar-refractivity contribution in [3.63, 3.8) is 0 Å². The van der Waals surface area contributed by atoms with Crippen molar-refractivity contribution in [3.05, 3.63) is 30.3 Å². The summed E-state index contributed by atoms with van der Waals surface area (Å²) in [5.74, 6) is 0.626. The second-order valence-electron chi connectivity index (χ2n) is 7.37. The molecule has 1 aromatic carbocycles. The zero-order valence-corrected chi connectivity index (χ0v) is 16.1. The summed E-state index contributed by atoms with van der Waals surface area (Å²) >= 11 is 6.07. The normalized spacial score (nSPS) is 21.4. The first-order valence-corrected chi connectivity index (χ1v) is 12.2. The molecule has 0 saturated heterocycles. The van der Waals surface area contributed by atoms with E-state index in [0.717, 1.165) is 17.7 Å². The molecular weight excluding hydrogens is 320 g/mol. The van der Waals surface area contributed by atoms with Gasteiger partial charge in [-0.3, -0.25) is 0 Å². The molecule has 1 nitrogen and oxygen atoms in total. The maximum absolute atomic E-state index is 6.85. The van der Waals surface area contributed by atoms with Gasteiger partial charge in [0.05, 0.1) is 0 Å². The van der Waals surface area contributed by atoms with Crippen molar-refractivity contribution >= 4 is 25.1 Å². The fourth-order valence-corrected chi connectivity index (χ4v) is 11.2. The average molecular weight is 351 g/mol. The number of alkyl halides is 1. The minimum Gasteiger partial charge on any atom is -0.411 e. The lowest BCUT2D eigenvalue weighted by atomic mass is 9.99. The third-order valence-corrected chi connectivity index (χ3v) is 11.7. The highest BCUT2D eigenvalue weighted by atomic mass is 35.5. The van der Waals surface area contributed by atoms with E-state index in [-0.39, 0.29) is 0 Å². The molecule has 0 radical (unpaired) electrons. The first kappa shape index (κ1) is 17.5. The van der Waals surface area contributed by atoms with Gasteiger partial charge >= 0.3 is 0 Å². The van der Waals surface area contributed by atoms with Crippen molar-refractivity contribution in [2.24, 2.45) is 0 Å². The van der Waals surface area contributed by atoms with Crippen LogP contribution in [0.3, 0.4) is 0 Å². The Balaban J connectivity index is 1.99. The Morgan fingerprint density at radius 2 is 1.35 bits per heavy atom. The first-order valence-electron chi connectivity index (χ1n) is 9.63. The average Bonchev–Trinajstić information content (AvgIpc) is 2.65. The van der Waals surface area contributed by atoms with E-state index in [0.29, 0.717) is 5.88 Å². The summed E-state index contributed by atoms with van der Waals surface area (Å²) in [6.07, 6.45) is 13.9. The minimum atomic E-state index is -1.98. The van der Waals surface area contributed by atoms with Crippen LogP contribution in [-0.4, -0.2) is 20.8 Å². The van der Waals surface area contributed by atoms with Gasteiger partial charge in [-0.15, -0.1) is 11.6 Å². The van der Waals surface area contributed by atoms with E-state index in [4.69, 9.17) is 16.0 Å². The molecule has 0 bridgehead atoms. The number of benzene rings is 1. The number of hydrogen-bond acceptors (Lipinski definition) is 1. The summed E-state index contributed by atoms with van der Waals surface area (Å²) in [4.78, 5) is 0. The Labute approximate surface area is 147 Å². The second kappa shape index (κ2) is 8.69. The van der Waals surface area contributed by atoms with Crippen LogP contribution in [0.25, 0.3) is 0 Å². The van der Waals surface area contributed by atoms with Gasteiger partial charge in [-0.05, 0) is 16.3 Å². The van der Waals surface area contributed by atoms with E-state index in [1.165, 1.54) is 64.2 Å². The Bertz CT molecular complexity index is 434. The Kier molecular flexibility index (Phi) is 6.61. The van der Waals surface area contributed by atoms with Crippen LogP contribution >= 0.6 is 11.6 Å². The highest BCUT2D eigenvalue weighted by molar-refractivity contribution is 6.89. The highest BCUT2D eigenvalue weighted by Gasteiger charge is 2.51. The predicted molar refractivity (Wildman–Crippen MR) is 102 cm³/mol. The molecule has 0 atom stereocenters. The van der Waals surface area contributed by atoms with Gasteiger partial charge in [0.2, 0.25) is 8.32 Å². The lowest BCUT2D eigenvalue weighted by molar-refractivity contribution is 0.285. The molecule has 0 amide bonds. The van der Waals surface area contributed by atoms with Crippen LogP contribution in [0.2, 0.25) is 11.1 Å². The molecule has 3 heteroatoms. The first-order chi connectivity index (χ1) is 11.4. The summed E-state index contributed by atoms with van der Waals surface area (Å²) in [6.45, 7) is 0.732. The quantitative estimate of drug-likeness (QED) is 0.468. The van der Waals surface area contributed by atoms with Crippen LogP contribution in [0.1, 0.15) is 64.2 Å². The van der Waals surface area contributed by atoms with Crippen molar-refractivity contribution in [1.82, 2.24) is 0 Å². The lowest BCUT2D eigenvalue weighted by Crippen LogP contribution is -2.59. The molecule has 0 aliphatic heterocycles. The van der Waals surface area contributed by atoms with Gasteiger partial charge < -0.3 is 4.43 Å². The summed E-state index contributed by atoms with van der Waals surface area (Å²) in [6, 6.07) is 11.3. The molecule has 2 aliphatic rings. The Hall–Kier alpha value is -0.313. The summed E-state index contributed by atoms with van der Waals surface area (Å²) in [5.41, 5.74) is 1.59. The summed E-state index contributed by atoms with van der Waals surface area (Å²) in [7, 11) is -1.98. The van der Waals surface area contributed by atoms with E-state index in [1.807, 2.05) is 0 Å². The Morgan fingerprint density at radius 3 is 1.83 bits per heavy atom. The standard InChI is InChI=1S/C20H31ClOSi/c21-16-17-22-23(18-10-4-1-5-11-18,19-12-6-2-7-13-19)20-14-8-3-9-15-20/h1,4-5,10-11,19-20H,2-3,6-9,12-17H2. The number of hydrogen-bond donors (Lipinski definition) is 0. The van der Waals surface area contributed by atoms with E-state index in [9.17, 15) is 0 Å². The largest absolute Gasteiger partial charge is 0.411 e. The van der Waals surface area contributed by atoms with Gasteiger partial charge in [-0.1, -0.05) is 94.5 Å². The van der Waals surface area contributed by atoms with Gasteiger partial charge in [0.15, 0.2) is 0 Å². The number of halogens is 1. The molecule has 0 aromatic heterocycles. The van der Waals surface area contributed by atoms with Crippen molar-refractivity contribution in [2.75, 3.05) is 12.5 Å². The molecule has 0 N–H and O–H groups in total. The summed E-state index contributed by atoms with van der Waals surface area (Å²) < 4.78 is 6.85. The van der Waals surface area contributed by atoms with Gasteiger partial charge in [0.1, 0.15) is 0 Å². The van der Waals surface area contributed by atoms with Gasteiger partial charge in [0.25, 0.3) is 0 Å². The van der Waals surface area contributed by atoms with Crippen molar-refractivity contribution in [3.8, 4) is 0 Å². The summed E-state index contributed by atoms with van der Waals surface area (Å²) in [5, 5.41) is 1.55. The fourth-order valence-electron chi connectivity index (χ4n) is 5.09. The van der Waals surface area contributed by atoms with Crippen LogP contribution in [0, 0.1) is 0 Å². The van der Waals surface area contributed by atoms with Crippen LogP contribution in [0.4, 0.5) is 0 Å². The minimum absolute atomic E-state index is 0.626.